The normalized spacial score (nSPS) is 21.8. The van der Waals surface area contributed by atoms with Gasteiger partial charge in [0.2, 0.25) is 0 Å². The molecule has 1 N–H and O–H groups in total. The number of allylic oxidation sites excluding steroid dienone is 1. The first-order valence-electron chi connectivity index (χ1n) is 7.60. The minimum Gasteiger partial charge on any atom is -0.444 e. The number of aliphatic hydroxyl groups is 1. The number of amides is 1. The summed E-state index contributed by atoms with van der Waals surface area (Å²) < 4.78 is 5.46. The number of hydrogen-bond acceptors (Lipinski definition) is 3. The van der Waals surface area contributed by atoms with Gasteiger partial charge in [0.25, 0.3) is 0 Å². The maximum absolute atomic E-state index is 12.4. The Labute approximate surface area is 128 Å². The Morgan fingerprint density at radius 2 is 2.10 bits per heavy atom. The number of hydrogen-bond donors (Lipinski definition) is 1. The molecule has 0 aromatic carbocycles. The van der Waals surface area contributed by atoms with Crippen LogP contribution in [-0.2, 0) is 4.74 Å². The van der Waals surface area contributed by atoms with Crippen molar-refractivity contribution in [1.82, 2.24) is 4.90 Å². The van der Waals surface area contributed by atoms with Crippen molar-refractivity contribution in [2.45, 2.75) is 70.6 Å². The van der Waals surface area contributed by atoms with E-state index in [-0.39, 0.29) is 12.1 Å². The average Bonchev–Trinajstić information content (AvgIpc) is 2.83. The zero-order valence-corrected chi connectivity index (χ0v) is 13.8. The van der Waals surface area contributed by atoms with Crippen LogP contribution in [0.1, 0.15) is 53.4 Å². The summed E-state index contributed by atoms with van der Waals surface area (Å²) in [4.78, 5) is 14.0. The van der Waals surface area contributed by atoms with Gasteiger partial charge in [0.1, 0.15) is 11.2 Å². The van der Waals surface area contributed by atoms with Crippen LogP contribution in [0.2, 0.25) is 0 Å². The van der Waals surface area contributed by atoms with Crippen LogP contribution >= 0.6 is 0 Å². The lowest BCUT2D eigenvalue weighted by Gasteiger charge is -2.40. The van der Waals surface area contributed by atoms with Gasteiger partial charge < -0.3 is 14.7 Å². The van der Waals surface area contributed by atoms with Crippen molar-refractivity contribution in [3.05, 3.63) is 24.8 Å². The number of likely N-dealkylation sites (tertiary alicyclic amines) is 1. The third kappa shape index (κ3) is 4.34. The Morgan fingerprint density at radius 3 is 2.57 bits per heavy atom. The molecule has 1 amide bonds. The van der Waals surface area contributed by atoms with E-state index in [9.17, 15) is 9.90 Å². The SMILES string of the molecule is C=CCC[C@](O)(C(=C)C)[C@@H]1CCCN1C(=O)OC(C)(C)C. The van der Waals surface area contributed by atoms with Gasteiger partial charge in [-0.05, 0) is 59.0 Å². The summed E-state index contributed by atoms with van der Waals surface area (Å²) in [6, 6.07) is -0.273. The lowest BCUT2D eigenvalue weighted by molar-refractivity contribution is -0.0272. The second-order valence-corrected chi connectivity index (χ2v) is 6.86. The summed E-state index contributed by atoms with van der Waals surface area (Å²) in [6.07, 6.45) is 4.26. The van der Waals surface area contributed by atoms with Crippen molar-refractivity contribution in [2.24, 2.45) is 0 Å². The molecule has 1 aliphatic rings. The van der Waals surface area contributed by atoms with Crippen LogP contribution in [0.5, 0.6) is 0 Å². The van der Waals surface area contributed by atoms with Crippen LogP contribution in [0.4, 0.5) is 4.79 Å². The Balaban J connectivity index is 2.94. The van der Waals surface area contributed by atoms with Crippen LogP contribution in [0.25, 0.3) is 0 Å². The fourth-order valence-corrected chi connectivity index (χ4v) is 2.79. The van der Waals surface area contributed by atoms with Gasteiger partial charge in [0.15, 0.2) is 0 Å². The Bertz CT molecular complexity index is 411. The Morgan fingerprint density at radius 1 is 1.48 bits per heavy atom. The van der Waals surface area contributed by atoms with Crippen LogP contribution in [0, 0.1) is 0 Å². The molecule has 0 saturated carbocycles. The van der Waals surface area contributed by atoms with E-state index in [0.717, 1.165) is 12.8 Å². The number of ether oxygens (including phenoxy) is 1. The molecule has 1 fully saturated rings. The molecule has 0 bridgehead atoms. The van der Waals surface area contributed by atoms with E-state index in [1.807, 2.05) is 27.7 Å². The lowest BCUT2D eigenvalue weighted by Crippen LogP contribution is -2.53. The molecule has 1 rings (SSSR count). The van der Waals surface area contributed by atoms with Crippen LogP contribution in [-0.4, -0.2) is 39.9 Å². The predicted octanol–water partition coefficient (Wildman–Crippen LogP) is 3.66. The zero-order valence-electron chi connectivity index (χ0n) is 13.8. The van der Waals surface area contributed by atoms with Gasteiger partial charge in [-0.3, -0.25) is 0 Å². The molecule has 0 radical (unpaired) electrons. The fraction of sp³-hybridized carbons (Fsp3) is 0.706. The molecule has 2 atom stereocenters. The molecule has 0 aliphatic carbocycles. The van der Waals surface area contributed by atoms with Crippen LogP contribution < -0.4 is 0 Å². The second-order valence-electron chi connectivity index (χ2n) is 6.86. The molecule has 21 heavy (non-hydrogen) atoms. The maximum atomic E-state index is 12.4. The first kappa shape index (κ1) is 17.8. The summed E-state index contributed by atoms with van der Waals surface area (Å²) in [5.41, 5.74) is -0.932. The monoisotopic (exact) mass is 295 g/mol. The number of carbonyl (C=O) groups is 1. The van der Waals surface area contributed by atoms with Crippen molar-refractivity contribution >= 4 is 6.09 Å². The molecule has 0 spiro atoms. The van der Waals surface area contributed by atoms with Crippen molar-refractivity contribution in [2.75, 3.05) is 6.54 Å². The van der Waals surface area contributed by atoms with E-state index in [0.29, 0.717) is 25.0 Å². The molecule has 4 heteroatoms. The highest BCUT2D eigenvalue weighted by Gasteiger charge is 2.45. The zero-order chi connectivity index (χ0) is 16.3. The second kappa shape index (κ2) is 6.65. The van der Waals surface area contributed by atoms with E-state index >= 15 is 0 Å². The third-order valence-corrected chi connectivity index (χ3v) is 3.90. The summed E-state index contributed by atoms with van der Waals surface area (Å²) in [5.74, 6) is 0. The van der Waals surface area contributed by atoms with Crippen molar-refractivity contribution < 1.29 is 14.6 Å². The molecule has 1 saturated heterocycles. The summed E-state index contributed by atoms with van der Waals surface area (Å²) in [7, 11) is 0. The van der Waals surface area contributed by atoms with E-state index in [1.54, 1.807) is 11.0 Å². The number of rotatable bonds is 5. The predicted molar refractivity (Wildman–Crippen MR) is 85.2 cm³/mol. The van der Waals surface area contributed by atoms with Crippen molar-refractivity contribution in [1.29, 1.82) is 0 Å². The standard InChI is InChI=1S/C17H29NO3/c1-7-8-11-17(20,13(2)3)14-10-9-12-18(14)15(19)21-16(4,5)6/h7,14,20H,1-2,8-12H2,3-6H3/t14-,17-/m0/s1. The molecule has 120 valence electrons. The molecular weight excluding hydrogens is 266 g/mol. The molecule has 1 heterocycles. The minimum absolute atomic E-state index is 0.273. The topological polar surface area (TPSA) is 49.8 Å². The molecule has 0 aromatic heterocycles. The molecule has 0 aromatic rings. The first-order valence-corrected chi connectivity index (χ1v) is 7.60. The quantitative estimate of drug-likeness (QED) is 0.787. The van der Waals surface area contributed by atoms with Gasteiger partial charge in [-0.15, -0.1) is 6.58 Å². The average molecular weight is 295 g/mol. The van der Waals surface area contributed by atoms with E-state index < -0.39 is 11.2 Å². The van der Waals surface area contributed by atoms with E-state index in [4.69, 9.17) is 4.74 Å². The van der Waals surface area contributed by atoms with Crippen LogP contribution in [0.15, 0.2) is 24.8 Å². The molecular formula is C17H29NO3. The Hall–Kier alpha value is -1.29. The van der Waals surface area contributed by atoms with Gasteiger partial charge >= 0.3 is 6.09 Å². The summed E-state index contributed by atoms with van der Waals surface area (Å²) >= 11 is 0. The van der Waals surface area contributed by atoms with Gasteiger partial charge in [-0.2, -0.15) is 0 Å². The minimum atomic E-state index is -1.08. The highest BCUT2D eigenvalue weighted by Crippen LogP contribution is 2.36. The molecule has 0 unspecified atom stereocenters. The van der Waals surface area contributed by atoms with Crippen LogP contribution in [0.3, 0.4) is 0 Å². The maximum Gasteiger partial charge on any atom is 0.410 e. The van der Waals surface area contributed by atoms with Crippen molar-refractivity contribution in [3.8, 4) is 0 Å². The highest BCUT2D eigenvalue weighted by molar-refractivity contribution is 5.69. The largest absolute Gasteiger partial charge is 0.444 e. The number of nitrogens with zero attached hydrogens (tertiary/aromatic N) is 1. The molecule has 1 aliphatic heterocycles. The number of carbonyl (C=O) groups excluding carboxylic acids is 1. The fourth-order valence-electron chi connectivity index (χ4n) is 2.79. The van der Waals surface area contributed by atoms with Gasteiger partial charge in [0.05, 0.1) is 6.04 Å². The first-order chi connectivity index (χ1) is 9.62. The summed E-state index contributed by atoms with van der Waals surface area (Å²) in [6.45, 7) is 15.6. The smallest absolute Gasteiger partial charge is 0.410 e. The van der Waals surface area contributed by atoms with Gasteiger partial charge in [-0.1, -0.05) is 12.7 Å². The highest BCUT2D eigenvalue weighted by atomic mass is 16.6. The Kier molecular flexibility index (Phi) is 5.62. The third-order valence-electron chi connectivity index (χ3n) is 3.90. The lowest BCUT2D eigenvalue weighted by atomic mass is 9.82. The summed E-state index contributed by atoms with van der Waals surface area (Å²) in [5, 5.41) is 11.0. The van der Waals surface area contributed by atoms with E-state index in [2.05, 4.69) is 13.2 Å². The van der Waals surface area contributed by atoms with Gasteiger partial charge in [-0.25, -0.2) is 4.79 Å². The van der Waals surface area contributed by atoms with Crippen molar-refractivity contribution in [3.63, 3.8) is 0 Å². The van der Waals surface area contributed by atoms with Gasteiger partial charge in [0, 0.05) is 6.54 Å². The van der Waals surface area contributed by atoms with E-state index in [1.165, 1.54) is 0 Å². The molecule has 4 nitrogen and oxygen atoms in total.